The molecule has 0 fully saturated rings. The van der Waals surface area contributed by atoms with Gasteiger partial charge in [-0.1, -0.05) is 40.5 Å². The lowest BCUT2D eigenvalue weighted by Crippen LogP contribution is -2.09. The van der Waals surface area contributed by atoms with E-state index in [0.717, 1.165) is 28.4 Å². The minimum atomic E-state index is -0.177. The summed E-state index contributed by atoms with van der Waals surface area (Å²) in [6, 6.07) is 5.81. The molecule has 0 aliphatic carbocycles. The fraction of sp³-hybridized carbons (Fsp3) is 0.385. The first kappa shape index (κ1) is 13.2. The molecule has 4 nitrogen and oxygen atoms in total. The number of benzene rings is 1. The van der Waals surface area contributed by atoms with E-state index >= 15 is 0 Å². The van der Waals surface area contributed by atoms with Crippen LogP contribution in [0, 0.1) is 6.92 Å². The van der Waals surface area contributed by atoms with Crippen molar-refractivity contribution in [3.8, 4) is 11.4 Å². The number of aryl methyl sites for hydroxylation is 1. The van der Waals surface area contributed by atoms with Crippen molar-refractivity contribution in [1.82, 2.24) is 10.1 Å². The largest absolute Gasteiger partial charge is 0.337 e. The second kappa shape index (κ2) is 5.63. The molecular weight excluding hydrogens is 294 g/mol. The Labute approximate surface area is 115 Å². The van der Waals surface area contributed by atoms with E-state index in [4.69, 9.17) is 10.3 Å². The summed E-state index contributed by atoms with van der Waals surface area (Å²) >= 11 is 3.44. The van der Waals surface area contributed by atoms with Crippen LogP contribution in [0.3, 0.4) is 0 Å². The first-order chi connectivity index (χ1) is 8.61. The number of hydrogen-bond acceptors (Lipinski definition) is 4. The van der Waals surface area contributed by atoms with Crippen LogP contribution >= 0.6 is 15.9 Å². The molecule has 1 aromatic heterocycles. The van der Waals surface area contributed by atoms with Crippen molar-refractivity contribution >= 4 is 15.9 Å². The van der Waals surface area contributed by atoms with Crippen molar-refractivity contribution < 1.29 is 4.52 Å². The first-order valence-electron chi connectivity index (χ1n) is 5.97. The highest BCUT2D eigenvalue weighted by Crippen LogP contribution is 2.25. The Morgan fingerprint density at radius 2 is 2.22 bits per heavy atom. The minimum Gasteiger partial charge on any atom is -0.337 e. The molecule has 0 aliphatic heterocycles. The molecule has 0 bridgehead atoms. The monoisotopic (exact) mass is 309 g/mol. The molecule has 0 spiro atoms. The van der Waals surface area contributed by atoms with Crippen LogP contribution in [-0.4, -0.2) is 10.1 Å². The van der Waals surface area contributed by atoms with E-state index in [1.54, 1.807) is 0 Å². The molecular formula is C13H16BrN3O. The fourth-order valence-electron chi connectivity index (χ4n) is 1.76. The zero-order valence-corrected chi connectivity index (χ0v) is 12.1. The topological polar surface area (TPSA) is 64.9 Å². The van der Waals surface area contributed by atoms with E-state index in [1.807, 2.05) is 25.1 Å². The van der Waals surface area contributed by atoms with E-state index in [1.165, 1.54) is 0 Å². The maximum absolute atomic E-state index is 5.96. The van der Waals surface area contributed by atoms with Gasteiger partial charge in [0.25, 0.3) is 0 Å². The Bertz CT molecular complexity index is 539. The second-order valence-corrected chi connectivity index (χ2v) is 5.23. The van der Waals surface area contributed by atoms with Crippen LogP contribution in [0.25, 0.3) is 11.4 Å². The maximum atomic E-state index is 5.96. The quantitative estimate of drug-likeness (QED) is 0.937. The van der Waals surface area contributed by atoms with Crippen LogP contribution in [-0.2, 0) is 0 Å². The molecule has 0 saturated carbocycles. The SMILES string of the molecule is CCC[C@@H](N)c1nc(-c2cc(Br)ccc2C)no1. The van der Waals surface area contributed by atoms with Crippen molar-refractivity contribution in [3.63, 3.8) is 0 Å². The van der Waals surface area contributed by atoms with Gasteiger partial charge in [0.2, 0.25) is 11.7 Å². The lowest BCUT2D eigenvalue weighted by Gasteiger charge is -2.03. The molecule has 2 aromatic rings. The summed E-state index contributed by atoms with van der Waals surface area (Å²) in [6.45, 7) is 4.10. The van der Waals surface area contributed by atoms with Gasteiger partial charge in [0.15, 0.2) is 0 Å². The standard InChI is InChI=1S/C13H16BrN3O/c1-3-4-11(15)13-16-12(17-18-13)10-7-9(14)6-5-8(10)2/h5-7,11H,3-4,15H2,1-2H3/t11-/m1/s1. The Morgan fingerprint density at radius 3 is 2.94 bits per heavy atom. The summed E-state index contributed by atoms with van der Waals surface area (Å²) in [5.41, 5.74) is 8.03. The number of rotatable bonds is 4. The number of nitrogens with zero attached hydrogens (tertiary/aromatic N) is 2. The van der Waals surface area contributed by atoms with Gasteiger partial charge in [0.05, 0.1) is 6.04 Å². The van der Waals surface area contributed by atoms with Crippen LogP contribution in [0.15, 0.2) is 27.2 Å². The van der Waals surface area contributed by atoms with Gasteiger partial charge in [-0.3, -0.25) is 0 Å². The number of aromatic nitrogens is 2. The third kappa shape index (κ3) is 2.79. The van der Waals surface area contributed by atoms with Crippen molar-refractivity contribution in [3.05, 3.63) is 34.1 Å². The molecule has 0 aliphatic rings. The number of nitrogens with two attached hydrogens (primary N) is 1. The molecule has 18 heavy (non-hydrogen) atoms. The molecule has 0 radical (unpaired) electrons. The predicted molar refractivity (Wildman–Crippen MR) is 74.0 cm³/mol. The van der Waals surface area contributed by atoms with Gasteiger partial charge in [0.1, 0.15) is 0 Å². The van der Waals surface area contributed by atoms with E-state index in [-0.39, 0.29) is 6.04 Å². The summed E-state index contributed by atoms with van der Waals surface area (Å²) in [4.78, 5) is 4.38. The van der Waals surface area contributed by atoms with Crippen LogP contribution in [0.1, 0.15) is 37.3 Å². The van der Waals surface area contributed by atoms with Gasteiger partial charge in [-0.05, 0) is 31.0 Å². The molecule has 2 N–H and O–H groups in total. The van der Waals surface area contributed by atoms with Crippen LogP contribution < -0.4 is 5.73 Å². The predicted octanol–water partition coefficient (Wildman–Crippen LogP) is 3.61. The highest BCUT2D eigenvalue weighted by Gasteiger charge is 2.16. The average molecular weight is 310 g/mol. The second-order valence-electron chi connectivity index (χ2n) is 4.31. The third-order valence-corrected chi connectivity index (χ3v) is 3.29. The molecule has 0 saturated heterocycles. The Morgan fingerprint density at radius 1 is 1.44 bits per heavy atom. The molecule has 1 aromatic carbocycles. The van der Waals surface area contributed by atoms with Gasteiger partial charge < -0.3 is 10.3 Å². The summed E-state index contributed by atoms with van der Waals surface area (Å²) in [5.74, 6) is 1.10. The lowest BCUT2D eigenvalue weighted by atomic mass is 10.1. The molecule has 1 heterocycles. The van der Waals surface area contributed by atoms with Gasteiger partial charge in [-0.25, -0.2) is 0 Å². The fourth-order valence-corrected chi connectivity index (χ4v) is 2.13. The number of halogens is 1. The van der Waals surface area contributed by atoms with E-state index in [2.05, 4.69) is 33.0 Å². The smallest absolute Gasteiger partial charge is 0.243 e. The van der Waals surface area contributed by atoms with E-state index in [9.17, 15) is 0 Å². The average Bonchev–Trinajstić information content (AvgIpc) is 2.82. The van der Waals surface area contributed by atoms with Crippen molar-refractivity contribution in [2.24, 2.45) is 5.73 Å². The highest BCUT2D eigenvalue weighted by atomic mass is 79.9. The Kier molecular flexibility index (Phi) is 4.14. The maximum Gasteiger partial charge on any atom is 0.243 e. The van der Waals surface area contributed by atoms with Gasteiger partial charge in [-0.15, -0.1) is 0 Å². The van der Waals surface area contributed by atoms with Gasteiger partial charge in [-0.2, -0.15) is 4.98 Å². The van der Waals surface area contributed by atoms with Crippen molar-refractivity contribution in [2.75, 3.05) is 0 Å². The Balaban J connectivity index is 2.32. The molecule has 96 valence electrons. The summed E-state index contributed by atoms with van der Waals surface area (Å²) < 4.78 is 6.22. The molecule has 1 atom stereocenters. The Hall–Kier alpha value is -1.20. The van der Waals surface area contributed by atoms with Crippen molar-refractivity contribution in [2.45, 2.75) is 32.7 Å². The van der Waals surface area contributed by atoms with Crippen molar-refractivity contribution in [1.29, 1.82) is 0 Å². The molecule has 0 amide bonds. The number of hydrogen-bond donors (Lipinski definition) is 1. The summed E-state index contributed by atoms with van der Waals surface area (Å²) in [5, 5.41) is 4.00. The first-order valence-corrected chi connectivity index (χ1v) is 6.76. The molecule has 5 heteroatoms. The highest BCUT2D eigenvalue weighted by molar-refractivity contribution is 9.10. The van der Waals surface area contributed by atoms with E-state index in [0.29, 0.717) is 11.7 Å². The summed E-state index contributed by atoms with van der Waals surface area (Å²) in [7, 11) is 0. The van der Waals surface area contributed by atoms with Gasteiger partial charge in [0, 0.05) is 10.0 Å². The van der Waals surface area contributed by atoms with Gasteiger partial charge >= 0.3 is 0 Å². The normalized spacial score (nSPS) is 12.7. The lowest BCUT2D eigenvalue weighted by molar-refractivity contribution is 0.348. The van der Waals surface area contributed by atoms with Crippen LogP contribution in [0.4, 0.5) is 0 Å². The third-order valence-electron chi connectivity index (χ3n) is 2.80. The van der Waals surface area contributed by atoms with Crippen LogP contribution in [0.5, 0.6) is 0 Å². The summed E-state index contributed by atoms with van der Waals surface area (Å²) in [6.07, 6.45) is 1.84. The van der Waals surface area contributed by atoms with E-state index < -0.39 is 0 Å². The zero-order chi connectivity index (χ0) is 13.1. The zero-order valence-electron chi connectivity index (χ0n) is 10.5. The van der Waals surface area contributed by atoms with Crippen LogP contribution in [0.2, 0.25) is 0 Å². The minimum absolute atomic E-state index is 0.177. The molecule has 0 unspecified atom stereocenters. The molecule has 2 rings (SSSR count).